The number of ether oxygens (including phenoxy) is 1. The third-order valence-electron chi connectivity index (χ3n) is 3.65. The molecule has 1 amide bonds. The van der Waals surface area contributed by atoms with Crippen LogP contribution in [0.25, 0.3) is 5.52 Å². The Morgan fingerprint density at radius 1 is 1.25 bits per heavy atom. The zero-order valence-corrected chi connectivity index (χ0v) is 15.2. The molecular weight excluding hydrogens is 306 g/mol. The Balaban J connectivity index is 2.53. The summed E-state index contributed by atoms with van der Waals surface area (Å²) in [4.78, 5) is 25.9. The molecule has 6 nitrogen and oxygen atoms in total. The van der Waals surface area contributed by atoms with Crippen LogP contribution in [0.2, 0.25) is 0 Å². The van der Waals surface area contributed by atoms with E-state index in [4.69, 9.17) is 4.74 Å². The Morgan fingerprint density at radius 3 is 2.46 bits per heavy atom. The molecule has 0 aliphatic rings. The fourth-order valence-electron chi connectivity index (χ4n) is 2.39. The van der Waals surface area contributed by atoms with Crippen LogP contribution in [-0.2, 0) is 11.2 Å². The molecule has 2 rings (SSSR count). The van der Waals surface area contributed by atoms with Gasteiger partial charge in [0.15, 0.2) is 5.78 Å². The summed E-state index contributed by atoms with van der Waals surface area (Å²) < 4.78 is 7.06. The summed E-state index contributed by atoms with van der Waals surface area (Å²) in [6, 6.07) is 5.38. The smallest absolute Gasteiger partial charge is 0.415 e. The van der Waals surface area contributed by atoms with Gasteiger partial charge in [0.1, 0.15) is 11.4 Å². The number of anilines is 1. The Bertz CT molecular complexity index is 772. The summed E-state index contributed by atoms with van der Waals surface area (Å²) >= 11 is 0. The van der Waals surface area contributed by atoms with Crippen LogP contribution in [0.1, 0.15) is 57.1 Å². The van der Waals surface area contributed by atoms with E-state index in [0.717, 1.165) is 12.1 Å². The van der Waals surface area contributed by atoms with Crippen molar-refractivity contribution in [1.82, 2.24) is 9.61 Å². The lowest BCUT2D eigenvalue weighted by atomic mass is 10.1. The minimum atomic E-state index is -0.582. The van der Waals surface area contributed by atoms with Gasteiger partial charge in [0.2, 0.25) is 0 Å². The predicted molar refractivity (Wildman–Crippen MR) is 93.8 cm³/mol. The molecular formula is C18H25N3O3. The van der Waals surface area contributed by atoms with Gasteiger partial charge in [0, 0.05) is 19.0 Å². The molecule has 0 spiro atoms. The Hall–Kier alpha value is -2.37. The molecule has 0 aliphatic heterocycles. The number of carbonyl (C=O) groups excluding carboxylic acids is 2. The highest BCUT2D eigenvalue weighted by Crippen LogP contribution is 2.23. The van der Waals surface area contributed by atoms with Crippen molar-refractivity contribution in [3.63, 3.8) is 0 Å². The van der Waals surface area contributed by atoms with E-state index in [-0.39, 0.29) is 5.78 Å². The number of pyridine rings is 1. The lowest BCUT2D eigenvalue weighted by Gasteiger charge is -2.25. The van der Waals surface area contributed by atoms with Gasteiger partial charge in [-0.1, -0.05) is 13.8 Å². The average Bonchev–Trinajstić information content (AvgIpc) is 2.95. The number of amides is 1. The second-order valence-electron chi connectivity index (χ2n) is 6.71. The zero-order chi connectivity index (χ0) is 18.1. The third kappa shape index (κ3) is 3.58. The number of nitrogens with zero attached hydrogens (tertiary/aromatic N) is 3. The molecule has 2 aromatic heterocycles. The largest absolute Gasteiger partial charge is 0.443 e. The Labute approximate surface area is 142 Å². The average molecular weight is 331 g/mol. The van der Waals surface area contributed by atoms with Gasteiger partial charge < -0.3 is 4.74 Å². The van der Waals surface area contributed by atoms with Gasteiger partial charge in [-0.15, -0.1) is 0 Å². The van der Waals surface area contributed by atoms with Crippen molar-refractivity contribution in [3.05, 3.63) is 29.5 Å². The van der Waals surface area contributed by atoms with E-state index >= 15 is 0 Å². The Kier molecular flexibility index (Phi) is 4.96. The van der Waals surface area contributed by atoms with Gasteiger partial charge in [0.05, 0.1) is 11.2 Å². The first-order chi connectivity index (χ1) is 11.2. The van der Waals surface area contributed by atoms with Crippen LogP contribution in [0.5, 0.6) is 0 Å². The molecule has 2 aromatic rings. The van der Waals surface area contributed by atoms with Gasteiger partial charge in [-0.3, -0.25) is 9.69 Å². The molecule has 0 bridgehead atoms. The molecule has 0 aromatic carbocycles. The van der Waals surface area contributed by atoms with Crippen molar-refractivity contribution in [1.29, 1.82) is 0 Å². The van der Waals surface area contributed by atoms with Crippen molar-refractivity contribution in [2.24, 2.45) is 0 Å². The van der Waals surface area contributed by atoms with E-state index in [1.165, 1.54) is 4.90 Å². The van der Waals surface area contributed by atoms with E-state index < -0.39 is 11.7 Å². The summed E-state index contributed by atoms with van der Waals surface area (Å²) in [5, 5.41) is 4.52. The summed E-state index contributed by atoms with van der Waals surface area (Å²) in [5.41, 5.74) is 1.62. The van der Waals surface area contributed by atoms with Crippen molar-refractivity contribution in [3.8, 4) is 0 Å². The van der Waals surface area contributed by atoms with Crippen molar-refractivity contribution in [2.75, 3.05) is 11.9 Å². The highest BCUT2D eigenvalue weighted by atomic mass is 16.6. The number of aryl methyl sites for hydroxylation is 1. The number of rotatable bonds is 4. The second-order valence-corrected chi connectivity index (χ2v) is 6.71. The number of ketones is 1. The van der Waals surface area contributed by atoms with Crippen molar-refractivity contribution < 1.29 is 14.3 Å². The maximum Gasteiger partial charge on any atom is 0.415 e. The van der Waals surface area contributed by atoms with Crippen LogP contribution in [0.15, 0.2) is 18.2 Å². The third-order valence-corrected chi connectivity index (χ3v) is 3.65. The van der Waals surface area contributed by atoms with Gasteiger partial charge in [-0.2, -0.15) is 5.10 Å². The number of carbonyl (C=O) groups is 2. The highest BCUT2D eigenvalue weighted by molar-refractivity contribution is 6.03. The fourth-order valence-corrected chi connectivity index (χ4v) is 2.39. The number of Topliss-reactive ketones (excluding diaryl/α,β-unsaturated/α-hetero) is 1. The lowest BCUT2D eigenvalue weighted by molar-refractivity contribution is 0.0587. The monoisotopic (exact) mass is 331 g/mol. The van der Waals surface area contributed by atoms with Gasteiger partial charge in [0.25, 0.3) is 0 Å². The normalized spacial score (nSPS) is 11.6. The predicted octanol–water partition coefficient (Wildman–Crippen LogP) is 3.86. The van der Waals surface area contributed by atoms with E-state index in [1.807, 2.05) is 40.7 Å². The van der Waals surface area contributed by atoms with E-state index in [2.05, 4.69) is 5.10 Å². The van der Waals surface area contributed by atoms with E-state index in [1.54, 1.807) is 23.7 Å². The number of hydrogen-bond donors (Lipinski definition) is 0. The molecule has 0 unspecified atom stereocenters. The summed E-state index contributed by atoms with van der Waals surface area (Å²) in [6.07, 6.45) is 0.701. The molecule has 0 atom stereocenters. The minimum absolute atomic E-state index is 0.0500. The first-order valence-corrected chi connectivity index (χ1v) is 8.19. The quantitative estimate of drug-likeness (QED) is 0.798. The molecule has 2 heterocycles. The van der Waals surface area contributed by atoms with Gasteiger partial charge in [-0.25, -0.2) is 9.31 Å². The standard InChI is InChI=1S/C18H25N3O3/c1-7-12-11-14-13(15(22)8-2)9-10-16(21(14)19-12)20(6)17(23)24-18(3,4)5/h9-11H,7-8H2,1-6H3. The summed E-state index contributed by atoms with van der Waals surface area (Å²) in [6.45, 7) is 9.29. The number of hydrogen-bond acceptors (Lipinski definition) is 4. The van der Waals surface area contributed by atoms with Crippen molar-refractivity contribution in [2.45, 2.75) is 53.1 Å². The van der Waals surface area contributed by atoms with Gasteiger partial charge >= 0.3 is 6.09 Å². The molecule has 24 heavy (non-hydrogen) atoms. The topological polar surface area (TPSA) is 63.9 Å². The van der Waals surface area contributed by atoms with Crippen LogP contribution in [-0.4, -0.2) is 34.1 Å². The molecule has 0 fully saturated rings. The van der Waals surface area contributed by atoms with Crippen LogP contribution in [0.3, 0.4) is 0 Å². The number of fused-ring (bicyclic) bond motifs is 1. The molecule has 0 N–H and O–H groups in total. The first-order valence-electron chi connectivity index (χ1n) is 8.19. The molecule has 130 valence electrons. The second kappa shape index (κ2) is 6.63. The van der Waals surface area contributed by atoms with Crippen LogP contribution < -0.4 is 4.90 Å². The van der Waals surface area contributed by atoms with Crippen LogP contribution in [0, 0.1) is 0 Å². The fraction of sp³-hybridized carbons (Fsp3) is 0.500. The molecule has 6 heteroatoms. The zero-order valence-electron chi connectivity index (χ0n) is 15.2. The highest BCUT2D eigenvalue weighted by Gasteiger charge is 2.23. The molecule has 0 radical (unpaired) electrons. The first kappa shape index (κ1) is 18.0. The van der Waals surface area contributed by atoms with Crippen LogP contribution in [0.4, 0.5) is 10.6 Å². The number of aromatic nitrogens is 2. The lowest BCUT2D eigenvalue weighted by Crippen LogP contribution is -2.35. The summed E-state index contributed by atoms with van der Waals surface area (Å²) in [7, 11) is 1.64. The van der Waals surface area contributed by atoms with E-state index in [9.17, 15) is 9.59 Å². The summed E-state index contributed by atoms with van der Waals surface area (Å²) in [5.74, 6) is 0.612. The van der Waals surface area contributed by atoms with Crippen molar-refractivity contribution >= 4 is 23.2 Å². The Morgan fingerprint density at radius 2 is 1.92 bits per heavy atom. The SMILES string of the molecule is CCC(=O)c1ccc(N(C)C(=O)OC(C)(C)C)n2nc(CC)cc12. The molecule has 0 saturated heterocycles. The minimum Gasteiger partial charge on any atom is -0.443 e. The molecule has 0 saturated carbocycles. The molecule has 0 aliphatic carbocycles. The maximum atomic E-state index is 12.3. The van der Waals surface area contributed by atoms with E-state index in [0.29, 0.717) is 23.3 Å². The maximum absolute atomic E-state index is 12.3. The van der Waals surface area contributed by atoms with Gasteiger partial charge in [-0.05, 0) is 45.4 Å². The van der Waals surface area contributed by atoms with Crippen LogP contribution >= 0.6 is 0 Å².